The van der Waals surface area contributed by atoms with Crippen LogP contribution >= 0.6 is 15.9 Å². The maximum atomic E-state index is 15.9. The lowest BCUT2D eigenvalue weighted by molar-refractivity contribution is -0.146. The fourth-order valence-corrected chi connectivity index (χ4v) is 11.6. The van der Waals surface area contributed by atoms with E-state index >= 15 is 4.11 Å². The second kappa shape index (κ2) is 12.1. The van der Waals surface area contributed by atoms with E-state index in [1.165, 1.54) is 0 Å². The normalized spacial score (nSPS) is 27.0. The zero-order valence-corrected chi connectivity index (χ0v) is 29.7. The highest BCUT2D eigenvalue weighted by Crippen LogP contribution is 2.60. The smallest absolute Gasteiger partial charge is 0.264 e. The summed E-state index contributed by atoms with van der Waals surface area (Å²) in [4.78, 5) is 34.8. The molecule has 0 aromatic heterocycles. The van der Waals surface area contributed by atoms with Crippen molar-refractivity contribution in [1.82, 2.24) is 5.32 Å². The van der Waals surface area contributed by atoms with Gasteiger partial charge in [-0.05, 0) is 93.5 Å². The van der Waals surface area contributed by atoms with Gasteiger partial charge in [0, 0.05) is 39.5 Å². The predicted octanol–water partition coefficient (Wildman–Crippen LogP) is 6.09. The fourth-order valence-electron chi connectivity index (χ4n) is 8.75. The molecule has 47 heavy (non-hydrogen) atoms. The van der Waals surface area contributed by atoms with Crippen molar-refractivity contribution in [1.29, 1.82) is 0 Å². The maximum absolute atomic E-state index is 15.9. The van der Waals surface area contributed by atoms with Crippen LogP contribution in [0.3, 0.4) is 0 Å². The van der Waals surface area contributed by atoms with Gasteiger partial charge in [0.25, 0.3) is 11.8 Å². The number of fused-ring (bicyclic) bond motifs is 2. The quantitative estimate of drug-likeness (QED) is 0.227. The number of aliphatic hydroxyl groups excluding tert-OH is 1. The summed E-state index contributed by atoms with van der Waals surface area (Å²) in [6, 6.07) is 23.8. The van der Waals surface area contributed by atoms with Crippen LogP contribution in [0.5, 0.6) is 0 Å². The molecule has 0 unspecified atom stereocenters. The number of nitrogens with one attached hydrogen (secondary N) is 1. The number of hydrogen-bond donors (Lipinski definition) is 2. The molecule has 4 aliphatic rings. The van der Waals surface area contributed by atoms with Gasteiger partial charge in [-0.15, -0.1) is 0 Å². The number of carbonyl (C=O) groups excluding carboxylic acids is 2. The summed E-state index contributed by atoms with van der Waals surface area (Å²) in [6.07, 6.45) is 1.17. The van der Waals surface area contributed by atoms with Crippen LogP contribution in [-0.2, 0) is 26.5 Å². The Kier molecular flexibility index (Phi) is 8.36. The number of nitrogens with zero attached hydrogens (tertiary/aromatic N) is 3. The third kappa shape index (κ3) is 5.16. The molecule has 0 bridgehead atoms. The summed E-state index contributed by atoms with van der Waals surface area (Å²) in [6.45, 7) is 7.38. The molecule has 248 valence electrons. The van der Waals surface area contributed by atoms with Gasteiger partial charge in [0.15, 0.2) is 5.60 Å². The van der Waals surface area contributed by atoms with Gasteiger partial charge in [-0.3, -0.25) is 14.5 Å². The largest absolute Gasteiger partial charge is 0.396 e. The number of aliphatic hydroxyl groups is 1. The maximum Gasteiger partial charge on any atom is 0.264 e. The standard InChI is InChI=1S/C36H42BrFN4O4Si/c1-24-32(47(2,3)38)31(14-19-43)46-36(24)29-21-26(37)12-13-30(29)40(34(36)45)22-25-8-7-11-28(20-25)41-23-42(27-9-5-4-6-10-27)35(33(41)44)15-17-39-18-16-35/h4-13,20-21,24,31-32,39,43H,14-19,22-23H2,1-3H3/t24-,31+,32-,36+/m0/s1. The van der Waals surface area contributed by atoms with Crippen LogP contribution in [0.4, 0.5) is 21.2 Å². The monoisotopic (exact) mass is 720 g/mol. The molecule has 3 saturated heterocycles. The number of rotatable bonds is 7. The second-order valence-corrected chi connectivity index (χ2v) is 18.6. The Bertz CT molecular complexity index is 1680. The van der Waals surface area contributed by atoms with Gasteiger partial charge in [-0.1, -0.05) is 53.2 Å². The summed E-state index contributed by atoms with van der Waals surface area (Å²) in [5.41, 5.74) is 1.74. The first-order valence-electron chi connectivity index (χ1n) is 16.6. The van der Waals surface area contributed by atoms with Gasteiger partial charge in [0.05, 0.1) is 25.0 Å². The Morgan fingerprint density at radius 3 is 2.43 bits per heavy atom. The van der Waals surface area contributed by atoms with E-state index in [0.717, 1.165) is 58.6 Å². The Morgan fingerprint density at radius 1 is 1.00 bits per heavy atom. The Balaban J connectivity index is 1.22. The first kappa shape index (κ1) is 32.5. The SMILES string of the molecule is C[C@H]1[C@H]([Si](C)(C)F)[C@@H](CCO)O[C@]12C(=O)N(Cc1cccc(N3CN(c4ccccc4)C4(CCNCC4)C3=O)c1)c1ccc(Br)cc12. The van der Waals surface area contributed by atoms with E-state index in [0.29, 0.717) is 6.67 Å². The van der Waals surface area contributed by atoms with Crippen molar-refractivity contribution in [2.24, 2.45) is 5.92 Å². The highest BCUT2D eigenvalue weighted by molar-refractivity contribution is 9.10. The van der Waals surface area contributed by atoms with Crippen LogP contribution in [-0.4, -0.2) is 63.3 Å². The molecule has 3 aromatic carbocycles. The van der Waals surface area contributed by atoms with Crippen LogP contribution in [0.2, 0.25) is 18.6 Å². The van der Waals surface area contributed by atoms with Crippen LogP contribution < -0.4 is 20.0 Å². The average Bonchev–Trinajstić information content (AvgIpc) is 3.59. The molecule has 2 amide bonds. The van der Waals surface area contributed by atoms with Gasteiger partial charge >= 0.3 is 0 Å². The molecular weight excluding hydrogens is 679 g/mol. The van der Waals surface area contributed by atoms with Crippen molar-refractivity contribution in [3.8, 4) is 0 Å². The predicted molar refractivity (Wildman–Crippen MR) is 188 cm³/mol. The van der Waals surface area contributed by atoms with Crippen molar-refractivity contribution >= 4 is 53.2 Å². The summed E-state index contributed by atoms with van der Waals surface area (Å²) < 4.78 is 23.3. The van der Waals surface area contributed by atoms with Gasteiger partial charge in [0.2, 0.25) is 8.41 Å². The zero-order chi connectivity index (χ0) is 33.1. The van der Waals surface area contributed by atoms with Crippen LogP contribution in [0.15, 0.2) is 77.3 Å². The number of ether oxygens (including phenoxy) is 1. The van der Waals surface area contributed by atoms with Crippen molar-refractivity contribution < 1.29 is 23.5 Å². The number of para-hydroxylation sites is 1. The molecule has 0 radical (unpaired) electrons. The van der Waals surface area contributed by atoms with E-state index in [4.69, 9.17) is 4.74 Å². The second-order valence-electron chi connectivity index (χ2n) is 13.9. The molecule has 2 spiro atoms. The van der Waals surface area contributed by atoms with E-state index in [1.54, 1.807) is 18.0 Å². The molecule has 4 aliphatic heterocycles. The van der Waals surface area contributed by atoms with E-state index in [-0.39, 0.29) is 31.4 Å². The summed E-state index contributed by atoms with van der Waals surface area (Å²) in [5, 5.41) is 13.3. The fraction of sp³-hybridized carbons (Fsp3) is 0.444. The minimum atomic E-state index is -3.28. The number of amides is 2. The molecular formula is C36H42BrFN4O4Si. The summed E-state index contributed by atoms with van der Waals surface area (Å²) >= 11 is 3.59. The topological polar surface area (TPSA) is 85.3 Å². The summed E-state index contributed by atoms with van der Waals surface area (Å²) in [5.74, 6) is -0.540. The highest BCUT2D eigenvalue weighted by Gasteiger charge is 2.66. The Hall–Kier alpha value is -3.09. The minimum absolute atomic E-state index is 0.0959. The lowest BCUT2D eigenvalue weighted by atomic mass is 9.82. The van der Waals surface area contributed by atoms with E-state index in [2.05, 4.69) is 38.3 Å². The molecule has 0 saturated carbocycles. The van der Waals surface area contributed by atoms with Crippen LogP contribution in [0.25, 0.3) is 0 Å². The van der Waals surface area contributed by atoms with Crippen molar-refractivity contribution in [3.63, 3.8) is 0 Å². The van der Waals surface area contributed by atoms with Crippen LogP contribution in [0.1, 0.15) is 37.3 Å². The number of halogens is 2. The third-order valence-corrected chi connectivity index (χ3v) is 13.8. The lowest BCUT2D eigenvalue weighted by Gasteiger charge is -2.39. The molecule has 3 fully saturated rings. The van der Waals surface area contributed by atoms with Gasteiger partial charge in [-0.2, -0.15) is 0 Å². The van der Waals surface area contributed by atoms with Gasteiger partial charge in [-0.25, -0.2) is 0 Å². The van der Waals surface area contributed by atoms with Crippen molar-refractivity contribution in [2.75, 3.05) is 41.1 Å². The number of piperidine rings is 1. The Morgan fingerprint density at radius 2 is 1.72 bits per heavy atom. The minimum Gasteiger partial charge on any atom is -0.396 e. The number of anilines is 3. The molecule has 4 heterocycles. The van der Waals surface area contributed by atoms with E-state index < -0.39 is 37.1 Å². The first-order chi connectivity index (χ1) is 22.5. The van der Waals surface area contributed by atoms with E-state index in [9.17, 15) is 14.7 Å². The molecule has 0 aliphatic carbocycles. The lowest BCUT2D eigenvalue weighted by Crippen LogP contribution is -2.55. The van der Waals surface area contributed by atoms with Crippen molar-refractivity contribution in [3.05, 3.63) is 88.4 Å². The molecule has 3 aromatic rings. The van der Waals surface area contributed by atoms with Gasteiger partial charge < -0.3 is 29.1 Å². The highest BCUT2D eigenvalue weighted by atomic mass is 79.9. The molecule has 2 N–H and O–H groups in total. The zero-order valence-electron chi connectivity index (χ0n) is 27.1. The molecule has 8 nitrogen and oxygen atoms in total. The number of carbonyl (C=O) groups is 2. The third-order valence-electron chi connectivity index (χ3n) is 10.8. The molecule has 7 rings (SSSR count). The Labute approximate surface area is 285 Å². The van der Waals surface area contributed by atoms with E-state index in [1.807, 2.05) is 72.5 Å². The first-order valence-corrected chi connectivity index (χ1v) is 20.3. The molecule has 4 atom stereocenters. The van der Waals surface area contributed by atoms with Crippen LogP contribution in [0, 0.1) is 5.92 Å². The van der Waals surface area contributed by atoms with Gasteiger partial charge in [0.1, 0.15) is 5.54 Å². The summed E-state index contributed by atoms with van der Waals surface area (Å²) in [7, 11) is -3.28. The number of benzene rings is 3. The molecule has 11 heteroatoms. The van der Waals surface area contributed by atoms with Crippen molar-refractivity contribution in [2.45, 2.75) is 68.6 Å². The number of hydrogen-bond acceptors (Lipinski definition) is 6. The average molecular weight is 722 g/mol.